The fraction of sp³-hybridized carbons (Fsp3) is 0.600. The molecule has 0 atom stereocenters. The molecule has 0 aliphatic heterocycles. The van der Waals surface area contributed by atoms with Crippen molar-refractivity contribution in [2.24, 2.45) is 0 Å². The van der Waals surface area contributed by atoms with E-state index in [4.69, 9.17) is 4.74 Å². The van der Waals surface area contributed by atoms with E-state index in [1.54, 1.807) is 0 Å². The summed E-state index contributed by atoms with van der Waals surface area (Å²) in [5.41, 5.74) is 2.68. The van der Waals surface area contributed by atoms with Gasteiger partial charge in [0.1, 0.15) is 0 Å². The Morgan fingerprint density at radius 1 is 1.22 bits per heavy atom. The van der Waals surface area contributed by atoms with Crippen molar-refractivity contribution in [2.75, 3.05) is 27.2 Å². The number of likely N-dealkylation sites (N-methyl/N-ethyl adjacent to an activating group) is 1. The maximum Gasteiger partial charge on any atom is 0.0720 e. The molecule has 3 heteroatoms. The van der Waals surface area contributed by atoms with Crippen LogP contribution in [0.15, 0.2) is 24.3 Å². The summed E-state index contributed by atoms with van der Waals surface area (Å²) in [4.78, 5) is 2.14. The lowest BCUT2D eigenvalue weighted by Gasteiger charge is -2.12. The summed E-state index contributed by atoms with van der Waals surface area (Å²) < 4.78 is 5.72. The van der Waals surface area contributed by atoms with Gasteiger partial charge in [0.25, 0.3) is 0 Å². The van der Waals surface area contributed by atoms with Crippen LogP contribution in [0.5, 0.6) is 0 Å². The summed E-state index contributed by atoms with van der Waals surface area (Å²) in [6.45, 7) is 3.45. The summed E-state index contributed by atoms with van der Waals surface area (Å²) in [6, 6.07) is 9.31. The molecular formula is C15H24N2O. The molecule has 0 saturated heterocycles. The van der Waals surface area contributed by atoms with Crippen LogP contribution in [-0.4, -0.2) is 38.2 Å². The average Bonchev–Trinajstić information content (AvgIpc) is 3.17. The van der Waals surface area contributed by atoms with Crippen LogP contribution in [0.4, 0.5) is 0 Å². The lowest BCUT2D eigenvalue weighted by Crippen LogP contribution is -2.19. The van der Waals surface area contributed by atoms with Crippen LogP contribution < -0.4 is 5.32 Å². The quantitative estimate of drug-likeness (QED) is 0.712. The molecule has 1 saturated carbocycles. The van der Waals surface area contributed by atoms with E-state index in [1.807, 2.05) is 0 Å². The highest BCUT2D eigenvalue weighted by Gasteiger charge is 2.20. The minimum absolute atomic E-state index is 0.719. The highest BCUT2D eigenvalue weighted by atomic mass is 16.5. The van der Waals surface area contributed by atoms with Gasteiger partial charge in [-0.1, -0.05) is 24.3 Å². The van der Waals surface area contributed by atoms with Crippen molar-refractivity contribution in [1.82, 2.24) is 10.2 Å². The Balaban J connectivity index is 1.78. The zero-order valence-electron chi connectivity index (χ0n) is 11.5. The monoisotopic (exact) mass is 248 g/mol. The first-order valence-electron chi connectivity index (χ1n) is 6.78. The predicted molar refractivity (Wildman–Crippen MR) is 74.5 cm³/mol. The second-order valence-corrected chi connectivity index (χ2v) is 5.28. The normalized spacial score (nSPS) is 15.3. The van der Waals surface area contributed by atoms with E-state index in [2.05, 4.69) is 48.6 Å². The van der Waals surface area contributed by atoms with E-state index >= 15 is 0 Å². The molecule has 0 bridgehead atoms. The van der Waals surface area contributed by atoms with Gasteiger partial charge in [-0.2, -0.15) is 0 Å². The number of nitrogens with zero attached hydrogens (tertiary/aromatic N) is 1. The molecular weight excluding hydrogens is 224 g/mol. The lowest BCUT2D eigenvalue weighted by atomic mass is 10.1. The number of hydrogen-bond acceptors (Lipinski definition) is 3. The van der Waals surface area contributed by atoms with Crippen molar-refractivity contribution in [2.45, 2.75) is 32.0 Å². The third-order valence-corrected chi connectivity index (χ3v) is 3.22. The van der Waals surface area contributed by atoms with Gasteiger partial charge in [0.05, 0.1) is 13.2 Å². The van der Waals surface area contributed by atoms with Gasteiger partial charge < -0.3 is 15.0 Å². The summed E-state index contributed by atoms with van der Waals surface area (Å²) in [5.74, 6) is 0. The topological polar surface area (TPSA) is 24.5 Å². The zero-order chi connectivity index (χ0) is 12.8. The van der Waals surface area contributed by atoms with Gasteiger partial charge in [0.15, 0.2) is 0 Å². The van der Waals surface area contributed by atoms with Gasteiger partial charge in [-0.3, -0.25) is 0 Å². The highest BCUT2D eigenvalue weighted by Crippen LogP contribution is 2.20. The van der Waals surface area contributed by atoms with E-state index in [-0.39, 0.29) is 0 Å². The van der Waals surface area contributed by atoms with E-state index < -0.39 is 0 Å². The van der Waals surface area contributed by atoms with E-state index in [1.165, 1.54) is 24.0 Å². The minimum atomic E-state index is 0.719. The van der Waals surface area contributed by atoms with Crippen molar-refractivity contribution < 1.29 is 4.74 Å². The molecule has 1 N–H and O–H groups in total. The molecule has 1 aromatic carbocycles. The summed E-state index contributed by atoms with van der Waals surface area (Å²) in [6.07, 6.45) is 2.67. The smallest absolute Gasteiger partial charge is 0.0720 e. The van der Waals surface area contributed by atoms with E-state index in [0.717, 1.165) is 32.3 Å². The summed E-state index contributed by atoms with van der Waals surface area (Å²) >= 11 is 0. The Morgan fingerprint density at radius 2 is 1.94 bits per heavy atom. The molecule has 1 fully saturated rings. The van der Waals surface area contributed by atoms with Crippen LogP contribution in [0.2, 0.25) is 0 Å². The molecule has 2 rings (SSSR count). The van der Waals surface area contributed by atoms with Gasteiger partial charge in [-0.15, -0.1) is 0 Å². The van der Waals surface area contributed by atoms with Crippen LogP contribution in [0.3, 0.4) is 0 Å². The van der Waals surface area contributed by atoms with Crippen LogP contribution in [-0.2, 0) is 17.9 Å². The van der Waals surface area contributed by atoms with Crippen molar-refractivity contribution in [3.05, 3.63) is 35.4 Å². The number of ether oxygens (including phenoxy) is 1. The molecule has 0 aromatic heterocycles. The minimum Gasteiger partial charge on any atom is -0.375 e. The van der Waals surface area contributed by atoms with Crippen LogP contribution in [0, 0.1) is 0 Å². The Labute approximate surface area is 110 Å². The summed E-state index contributed by atoms with van der Waals surface area (Å²) in [7, 11) is 4.13. The Kier molecular flexibility index (Phi) is 5.17. The first kappa shape index (κ1) is 13.5. The van der Waals surface area contributed by atoms with E-state index in [0.29, 0.717) is 0 Å². The third kappa shape index (κ3) is 4.77. The first-order chi connectivity index (χ1) is 8.75. The number of hydrogen-bond donors (Lipinski definition) is 1. The van der Waals surface area contributed by atoms with Crippen molar-refractivity contribution >= 4 is 0 Å². The maximum atomic E-state index is 5.72. The predicted octanol–water partition coefficient (Wildman–Crippen LogP) is 2.02. The second kappa shape index (κ2) is 6.88. The fourth-order valence-electron chi connectivity index (χ4n) is 1.84. The molecule has 0 spiro atoms. The van der Waals surface area contributed by atoms with Crippen molar-refractivity contribution in [3.63, 3.8) is 0 Å². The molecule has 18 heavy (non-hydrogen) atoms. The van der Waals surface area contributed by atoms with Crippen LogP contribution >= 0.6 is 0 Å². The molecule has 0 heterocycles. The second-order valence-electron chi connectivity index (χ2n) is 5.28. The fourth-order valence-corrected chi connectivity index (χ4v) is 1.84. The summed E-state index contributed by atoms with van der Waals surface area (Å²) in [5, 5.41) is 3.56. The standard InChI is InChI=1S/C15H24N2O/c1-17(2)9-10-18-12-14-6-4-3-5-13(14)11-16-15-7-8-15/h3-6,15-16H,7-12H2,1-2H3. The molecule has 0 unspecified atom stereocenters. The van der Waals surface area contributed by atoms with Gasteiger partial charge in [0, 0.05) is 19.1 Å². The van der Waals surface area contributed by atoms with E-state index in [9.17, 15) is 0 Å². The number of rotatable bonds is 8. The number of benzene rings is 1. The highest BCUT2D eigenvalue weighted by molar-refractivity contribution is 5.26. The SMILES string of the molecule is CN(C)CCOCc1ccccc1CNC1CC1. The maximum absolute atomic E-state index is 5.72. The Bertz CT molecular complexity index is 361. The number of nitrogens with one attached hydrogen (secondary N) is 1. The average molecular weight is 248 g/mol. The molecule has 0 amide bonds. The van der Waals surface area contributed by atoms with Crippen LogP contribution in [0.25, 0.3) is 0 Å². The molecule has 3 nitrogen and oxygen atoms in total. The molecule has 1 aromatic rings. The first-order valence-corrected chi connectivity index (χ1v) is 6.78. The van der Waals surface area contributed by atoms with Gasteiger partial charge in [-0.25, -0.2) is 0 Å². The van der Waals surface area contributed by atoms with Gasteiger partial charge in [-0.05, 0) is 38.1 Å². The zero-order valence-corrected chi connectivity index (χ0v) is 11.5. The van der Waals surface area contributed by atoms with Crippen LogP contribution in [0.1, 0.15) is 24.0 Å². The van der Waals surface area contributed by atoms with Crippen molar-refractivity contribution in [3.8, 4) is 0 Å². The van der Waals surface area contributed by atoms with Gasteiger partial charge in [0.2, 0.25) is 0 Å². The Hall–Kier alpha value is -0.900. The molecule has 1 aliphatic carbocycles. The van der Waals surface area contributed by atoms with Gasteiger partial charge >= 0.3 is 0 Å². The third-order valence-electron chi connectivity index (χ3n) is 3.22. The molecule has 1 aliphatic rings. The van der Waals surface area contributed by atoms with Crippen molar-refractivity contribution in [1.29, 1.82) is 0 Å². The lowest BCUT2D eigenvalue weighted by molar-refractivity contribution is 0.105. The largest absolute Gasteiger partial charge is 0.375 e. The molecule has 100 valence electrons. The Morgan fingerprint density at radius 3 is 2.61 bits per heavy atom. The molecule has 0 radical (unpaired) electrons.